The first-order valence-corrected chi connectivity index (χ1v) is 8.17. The molecule has 0 bridgehead atoms. The third kappa shape index (κ3) is 5.21. The van der Waals surface area contributed by atoms with Crippen molar-refractivity contribution in [2.75, 3.05) is 5.32 Å². The maximum absolute atomic E-state index is 12.9. The molecule has 2 rings (SSSR count). The van der Waals surface area contributed by atoms with Gasteiger partial charge in [-0.1, -0.05) is 25.0 Å². The number of alkyl halides is 3. The molecule has 4 nitrogen and oxygen atoms in total. The number of aliphatic hydroxyl groups is 1. The highest BCUT2D eigenvalue weighted by molar-refractivity contribution is 5.92. The van der Waals surface area contributed by atoms with Crippen LogP contribution in [0.3, 0.4) is 0 Å². The van der Waals surface area contributed by atoms with Crippen molar-refractivity contribution in [1.29, 1.82) is 0 Å². The first-order chi connectivity index (χ1) is 11.3. The van der Waals surface area contributed by atoms with Gasteiger partial charge in [0.15, 0.2) is 0 Å². The highest BCUT2D eigenvalue weighted by Crippen LogP contribution is 2.34. The second kappa shape index (κ2) is 7.98. The number of anilines is 1. The smallest absolute Gasteiger partial charge is 0.392 e. The SMILES string of the molecule is CC(CC(=O)Nc1ccccc1C(F)(F)F)NC1CCCCC1O. The van der Waals surface area contributed by atoms with Gasteiger partial charge >= 0.3 is 6.18 Å². The molecule has 0 aromatic heterocycles. The molecule has 24 heavy (non-hydrogen) atoms. The normalized spacial score (nSPS) is 22.9. The monoisotopic (exact) mass is 344 g/mol. The lowest BCUT2D eigenvalue weighted by Gasteiger charge is -2.31. The van der Waals surface area contributed by atoms with Crippen molar-refractivity contribution in [3.63, 3.8) is 0 Å². The Morgan fingerprint density at radius 2 is 1.96 bits per heavy atom. The zero-order valence-corrected chi connectivity index (χ0v) is 13.6. The van der Waals surface area contributed by atoms with Crippen LogP contribution in [0.15, 0.2) is 24.3 Å². The molecule has 3 N–H and O–H groups in total. The van der Waals surface area contributed by atoms with E-state index in [2.05, 4.69) is 10.6 Å². The zero-order chi connectivity index (χ0) is 17.7. The Hall–Kier alpha value is -1.60. The molecule has 3 atom stereocenters. The number of halogens is 3. The molecule has 0 aliphatic heterocycles. The van der Waals surface area contributed by atoms with E-state index in [-0.39, 0.29) is 24.2 Å². The molecule has 3 unspecified atom stereocenters. The minimum absolute atomic E-state index is 0.0371. The van der Waals surface area contributed by atoms with E-state index < -0.39 is 23.8 Å². The number of benzene rings is 1. The summed E-state index contributed by atoms with van der Waals surface area (Å²) in [5, 5.41) is 15.5. The summed E-state index contributed by atoms with van der Waals surface area (Å²) < 4.78 is 38.8. The van der Waals surface area contributed by atoms with E-state index in [1.807, 2.05) is 0 Å². The molecule has 1 saturated carbocycles. The number of hydrogen-bond acceptors (Lipinski definition) is 3. The second-order valence-electron chi connectivity index (χ2n) is 6.32. The fourth-order valence-electron chi connectivity index (χ4n) is 3.05. The van der Waals surface area contributed by atoms with Crippen LogP contribution in [0.4, 0.5) is 18.9 Å². The zero-order valence-electron chi connectivity index (χ0n) is 13.6. The minimum atomic E-state index is -4.51. The van der Waals surface area contributed by atoms with Crippen LogP contribution < -0.4 is 10.6 Å². The topological polar surface area (TPSA) is 61.4 Å². The van der Waals surface area contributed by atoms with E-state index in [4.69, 9.17) is 0 Å². The number of para-hydroxylation sites is 1. The van der Waals surface area contributed by atoms with Crippen LogP contribution >= 0.6 is 0 Å². The first kappa shape index (κ1) is 18.7. The van der Waals surface area contributed by atoms with Crippen molar-refractivity contribution < 1.29 is 23.1 Å². The van der Waals surface area contributed by atoms with Crippen molar-refractivity contribution in [1.82, 2.24) is 5.32 Å². The van der Waals surface area contributed by atoms with Gasteiger partial charge in [0.25, 0.3) is 0 Å². The first-order valence-electron chi connectivity index (χ1n) is 8.17. The van der Waals surface area contributed by atoms with Crippen LogP contribution in [-0.2, 0) is 11.0 Å². The summed E-state index contributed by atoms with van der Waals surface area (Å²) >= 11 is 0. The molecule has 134 valence electrons. The van der Waals surface area contributed by atoms with Crippen LogP contribution in [0.25, 0.3) is 0 Å². The van der Waals surface area contributed by atoms with Crippen LogP contribution in [0.1, 0.15) is 44.6 Å². The fourth-order valence-corrected chi connectivity index (χ4v) is 3.05. The van der Waals surface area contributed by atoms with Crippen molar-refractivity contribution in [2.45, 2.75) is 63.4 Å². The van der Waals surface area contributed by atoms with E-state index in [1.54, 1.807) is 6.92 Å². The Bertz CT molecular complexity index is 563. The average molecular weight is 344 g/mol. The lowest BCUT2D eigenvalue weighted by Crippen LogP contribution is -2.47. The number of hydrogen-bond donors (Lipinski definition) is 3. The van der Waals surface area contributed by atoms with Crippen LogP contribution in [0.5, 0.6) is 0 Å². The molecular weight excluding hydrogens is 321 g/mol. The molecule has 1 aromatic rings. The van der Waals surface area contributed by atoms with Gasteiger partial charge in [0.2, 0.25) is 5.91 Å². The largest absolute Gasteiger partial charge is 0.418 e. The Morgan fingerprint density at radius 3 is 2.62 bits per heavy atom. The highest BCUT2D eigenvalue weighted by Gasteiger charge is 2.33. The molecule has 1 aliphatic carbocycles. The maximum Gasteiger partial charge on any atom is 0.418 e. The van der Waals surface area contributed by atoms with Gasteiger partial charge in [0.1, 0.15) is 0 Å². The van der Waals surface area contributed by atoms with Crippen LogP contribution in [0.2, 0.25) is 0 Å². The number of aliphatic hydroxyl groups excluding tert-OH is 1. The summed E-state index contributed by atoms with van der Waals surface area (Å²) in [6, 6.07) is 4.61. The Kier molecular flexibility index (Phi) is 6.23. The van der Waals surface area contributed by atoms with Crippen LogP contribution in [0, 0.1) is 0 Å². The molecule has 1 amide bonds. The van der Waals surface area contributed by atoms with Gasteiger partial charge in [-0.25, -0.2) is 0 Å². The summed E-state index contributed by atoms with van der Waals surface area (Å²) in [6.07, 6.45) is -1.33. The van der Waals surface area contributed by atoms with Gasteiger partial charge in [0.05, 0.1) is 17.4 Å². The summed E-state index contributed by atoms with van der Waals surface area (Å²) in [7, 11) is 0. The predicted molar refractivity (Wildman–Crippen MR) is 85.6 cm³/mol. The summed E-state index contributed by atoms with van der Waals surface area (Å²) in [4.78, 5) is 12.0. The van der Waals surface area contributed by atoms with Gasteiger partial charge in [-0.15, -0.1) is 0 Å². The highest BCUT2D eigenvalue weighted by atomic mass is 19.4. The Morgan fingerprint density at radius 1 is 1.29 bits per heavy atom. The van der Waals surface area contributed by atoms with Gasteiger partial charge in [-0.2, -0.15) is 13.2 Å². The number of rotatable bonds is 5. The molecule has 1 aromatic carbocycles. The van der Waals surface area contributed by atoms with Crippen molar-refractivity contribution in [3.05, 3.63) is 29.8 Å². The number of amides is 1. The Labute approximate surface area is 139 Å². The number of nitrogens with one attached hydrogen (secondary N) is 2. The van der Waals surface area contributed by atoms with Crippen LogP contribution in [-0.4, -0.2) is 29.2 Å². The minimum Gasteiger partial charge on any atom is -0.392 e. The molecule has 0 heterocycles. The molecule has 7 heteroatoms. The summed E-state index contributed by atoms with van der Waals surface area (Å²) in [5.74, 6) is -0.489. The molecule has 1 fully saturated rings. The third-order valence-corrected chi connectivity index (χ3v) is 4.23. The standard InChI is InChI=1S/C17H23F3N2O2/c1-11(21-14-8-4-5-9-15(14)23)10-16(24)22-13-7-3-2-6-12(13)17(18,19)20/h2-3,6-7,11,14-15,21,23H,4-5,8-10H2,1H3,(H,22,24). The van der Waals surface area contributed by atoms with Gasteiger partial charge in [-0.3, -0.25) is 4.79 Å². The van der Waals surface area contributed by atoms with E-state index in [1.165, 1.54) is 18.2 Å². The summed E-state index contributed by atoms with van der Waals surface area (Å²) in [5.41, 5.74) is -1.10. The molecule has 0 radical (unpaired) electrons. The van der Waals surface area contributed by atoms with Crippen molar-refractivity contribution in [2.24, 2.45) is 0 Å². The van der Waals surface area contributed by atoms with Crippen molar-refractivity contribution >= 4 is 11.6 Å². The number of carbonyl (C=O) groups excluding carboxylic acids is 1. The van der Waals surface area contributed by atoms with E-state index in [9.17, 15) is 23.1 Å². The lowest BCUT2D eigenvalue weighted by atomic mass is 9.92. The summed E-state index contributed by atoms with van der Waals surface area (Å²) in [6.45, 7) is 1.79. The van der Waals surface area contributed by atoms with Gasteiger partial charge in [-0.05, 0) is 31.9 Å². The lowest BCUT2D eigenvalue weighted by molar-refractivity contribution is -0.137. The van der Waals surface area contributed by atoms with E-state index >= 15 is 0 Å². The Balaban J connectivity index is 1.91. The quantitative estimate of drug-likeness (QED) is 0.768. The molecular formula is C17H23F3N2O2. The average Bonchev–Trinajstić information content (AvgIpc) is 2.49. The fraction of sp³-hybridized carbons (Fsp3) is 0.588. The maximum atomic E-state index is 12.9. The number of carbonyl (C=O) groups is 1. The molecule has 0 saturated heterocycles. The predicted octanol–water partition coefficient (Wildman–Crippen LogP) is 3.32. The molecule has 0 spiro atoms. The second-order valence-corrected chi connectivity index (χ2v) is 6.32. The molecule has 1 aliphatic rings. The van der Waals surface area contributed by atoms with Gasteiger partial charge < -0.3 is 15.7 Å². The van der Waals surface area contributed by atoms with Crippen molar-refractivity contribution in [3.8, 4) is 0 Å². The van der Waals surface area contributed by atoms with E-state index in [0.29, 0.717) is 0 Å². The van der Waals surface area contributed by atoms with E-state index in [0.717, 1.165) is 31.7 Å². The van der Waals surface area contributed by atoms with Gasteiger partial charge in [0, 0.05) is 18.5 Å². The third-order valence-electron chi connectivity index (χ3n) is 4.23.